The Hall–Kier alpha value is -2.29. The van der Waals surface area contributed by atoms with Gasteiger partial charge in [0.25, 0.3) is 5.91 Å². The van der Waals surface area contributed by atoms with Crippen molar-refractivity contribution in [1.82, 2.24) is 5.32 Å². The van der Waals surface area contributed by atoms with Crippen molar-refractivity contribution in [2.24, 2.45) is 0 Å². The number of carbonyl (C=O) groups excluding carboxylic acids is 1. The van der Waals surface area contributed by atoms with Crippen molar-refractivity contribution in [2.75, 3.05) is 6.54 Å². The molecule has 0 spiro atoms. The summed E-state index contributed by atoms with van der Waals surface area (Å²) >= 11 is 0. The fourth-order valence-corrected chi connectivity index (χ4v) is 1.97. The number of amides is 1. The fourth-order valence-electron chi connectivity index (χ4n) is 1.97. The monoisotopic (exact) mass is 283 g/mol. The van der Waals surface area contributed by atoms with Crippen molar-refractivity contribution >= 4 is 5.91 Å². The van der Waals surface area contributed by atoms with Gasteiger partial charge in [-0.05, 0) is 55.3 Å². The van der Waals surface area contributed by atoms with Gasteiger partial charge in [-0.1, -0.05) is 25.5 Å². The highest BCUT2D eigenvalue weighted by molar-refractivity contribution is 5.94. The summed E-state index contributed by atoms with van der Waals surface area (Å²) in [6.07, 6.45) is 2.07. The van der Waals surface area contributed by atoms with Gasteiger partial charge in [-0.25, -0.2) is 0 Å². The third kappa shape index (κ3) is 4.63. The van der Waals surface area contributed by atoms with Gasteiger partial charge in [-0.15, -0.1) is 0 Å². The first-order valence-electron chi connectivity index (χ1n) is 7.32. The Bertz CT molecular complexity index is 590. The second-order valence-electron chi connectivity index (χ2n) is 5.05. The summed E-state index contributed by atoms with van der Waals surface area (Å²) in [7, 11) is 0. The third-order valence-electron chi connectivity index (χ3n) is 3.16. The van der Waals surface area contributed by atoms with E-state index in [1.807, 2.05) is 43.3 Å². The molecule has 0 aliphatic heterocycles. The molecule has 0 radical (unpaired) electrons. The Balaban J connectivity index is 1.97. The van der Waals surface area contributed by atoms with Gasteiger partial charge < -0.3 is 10.1 Å². The van der Waals surface area contributed by atoms with Gasteiger partial charge in [0.15, 0.2) is 0 Å². The standard InChI is InChI=1S/C18H21NO2/c1-3-4-12-19-18(20)15-8-10-16(11-9-15)21-17-7-5-6-14(2)13-17/h5-11,13H,3-4,12H2,1-2H3,(H,19,20). The molecule has 0 aromatic heterocycles. The maximum atomic E-state index is 11.9. The first-order valence-corrected chi connectivity index (χ1v) is 7.32. The second-order valence-corrected chi connectivity index (χ2v) is 5.05. The highest BCUT2D eigenvalue weighted by Gasteiger charge is 2.05. The number of hydrogen-bond acceptors (Lipinski definition) is 2. The van der Waals surface area contributed by atoms with Crippen LogP contribution in [-0.2, 0) is 0 Å². The van der Waals surface area contributed by atoms with Crippen LogP contribution >= 0.6 is 0 Å². The van der Waals surface area contributed by atoms with E-state index in [4.69, 9.17) is 4.74 Å². The third-order valence-corrected chi connectivity index (χ3v) is 3.16. The van der Waals surface area contributed by atoms with Gasteiger partial charge >= 0.3 is 0 Å². The summed E-state index contributed by atoms with van der Waals surface area (Å²) in [5.41, 5.74) is 1.81. The van der Waals surface area contributed by atoms with Crippen LogP contribution in [0, 0.1) is 6.92 Å². The van der Waals surface area contributed by atoms with Crippen molar-refractivity contribution in [1.29, 1.82) is 0 Å². The molecule has 3 heteroatoms. The van der Waals surface area contributed by atoms with Gasteiger partial charge in [0, 0.05) is 12.1 Å². The van der Waals surface area contributed by atoms with Gasteiger partial charge in [0.1, 0.15) is 11.5 Å². The fraction of sp³-hybridized carbons (Fsp3) is 0.278. The topological polar surface area (TPSA) is 38.3 Å². The molecule has 21 heavy (non-hydrogen) atoms. The normalized spacial score (nSPS) is 10.2. The van der Waals surface area contributed by atoms with Crippen molar-refractivity contribution in [3.05, 3.63) is 59.7 Å². The van der Waals surface area contributed by atoms with E-state index in [9.17, 15) is 4.79 Å². The summed E-state index contributed by atoms with van der Waals surface area (Å²) in [4.78, 5) is 11.9. The lowest BCUT2D eigenvalue weighted by atomic mass is 10.2. The van der Waals surface area contributed by atoms with E-state index in [-0.39, 0.29) is 5.91 Å². The molecule has 0 atom stereocenters. The predicted molar refractivity (Wildman–Crippen MR) is 84.9 cm³/mol. The van der Waals surface area contributed by atoms with Crippen molar-refractivity contribution in [3.8, 4) is 11.5 Å². The largest absolute Gasteiger partial charge is 0.457 e. The summed E-state index contributed by atoms with van der Waals surface area (Å²) in [5, 5.41) is 2.90. The molecular formula is C18H21NO2. The molecule has 0 heterocycles. The zero-order chi connectivity index (χ0) is 15.1. The van der Waals surface area contributed by atoms with Gasteiger partial charge in [-0.2, -0.15) is 0 Å². The molecule has 2 rings (SSSR count). The van der Waals surface area contributed by atoms with Gasteiger partial charge in [0.05, 0.1) is 0 Å². The number of nitrogens with one attached hydrogen (secondary N) is 1. The zero-order valence-corrected chi connectivity index (χ0v) is 12.6. The second kappa shape index (κ2) is 7.48. The zero-order valence-electron chi connectivity index (χ0n) is 12.6. The molecule has 2 aromatic carbocycles. The summed E-state index contributed by atoms with van der Waals surface area (Å²) in [5.74, 6) is 1.49. The van der Waals surface area contributed by atoms with E-state index in [2.05, 4.69) is 12.2 Å². The highest BCUT2D eigenvalue weighted by Crippen LogP contribution is 2.22. The number of unbranched alkanes of at least 4 members (excludes halogenated alkanes) is 1. The highest BCUT2D eigenvalue weighted by atomic mass is 16.5. The lowest BCUT2D eigenvalue weighted by Crippen LogP contribution is -2.24. The minimum Gasteiger partial charge on any atom is -0.457 e. The van der Waals surface area contributed by atoms with E-state index in [0.717, 1.165) is 36.4 Å². The van der Waals surface area contributed by atoms with E-state index >= 15 is 0 Å². The Morgan fingerprint density at radius 2 is 1.86 bits per heavy atom. The molecule has 0 fully saturated rings. The average molecular weight is 283 g/mol. The Labute approximate surface area is 126 Å². The van der Waals surface area contributed by atoms with E-state index in [1.54, 1.807) is 12.1 Å². The maximum Gasteiger partial charge on any atom is 0.251 e. The number of benzene rings is 2. The molecule has 3 nitrogen and oxygen atoms in total. The minimum atomic E-state index is -0.0365. The number of aryl methyl sites for hydroxylation is 1. The Kier molecular flexibility index (Phi) is 5.38. The first-order chi connectivity index (χ1) is 10.2. The number of ether oxygens (including phenoxy) is 1. The molecule has 1 amide bonds. The summed E-state index contributed by atoms with van der Waals surface area (Å²) in [6.45, 7) is 4.84. The van der Waals surface area contributed by atoms with E-state index in [0.29, 0.717) is 5.56 Å². The van der Waals surface area contributed by atoms with Crippen LogP contribution in [0.5, 0.6) is 11.5 Å². The first kappa shape index (κ1) is 15.1. The Morgan fingerprint density at radius 1 is 1.10 bits per heavy atom. The molecule has 1 N–H and O–H groups in total. The van der Waals surface area contributed by atoms with Crippen molar-refractivity contribution < 1.29 is 9.53 Å². The molecule has 0 saturated heterocycles. The molecule has 0 aliphatic carbocycles. The van der Waals surface area contributed by atoms with Crippen LogP contribution < -0.4 is 10.1 Å². The molecule has 0 saturated carbocycles. The van der Waals surface area contributed by atoms with E-state index < -0.39 is 0 Å². The average Bonchev–Trinajstić information content (AvgIpc) is 2.48. The van der Waals surface area contributed by atoms with Gasteiger partial charge in [-0.3, -0.25) is 4.79 Å². The summed E-state index contributed by atoms with van der Waals surface area (Å²) in [6, 6.07) is 15.1. The summed E-state index contributed by atoms with van der Waals surface area (Å²) < 4.78 is 5.76. The van der Waals surface area contributed by atoms with Crippen LogP contribution in [0.1, 0.15) is 35.7 Å². The number of rotatable bonds is 6. The lowest BCUT2D eigenvalue weighted by Gasteiger charge is -2.08. The molecule has 110 valence electrons. The molecule has 2 aromatic rings. The van der Waals surface area contributed by atoms with Crippen LogP contribution in [0.4, 0.5) is 0 Å². The molecular weight excluding hydrogens is 262 g/mol. The SMILES string of the molecule is CCCCNC(=O)c1ccc(Oc2cccc(C)c2)cc1. The minimum absolute atomic E-state index is 0.0365. The van der Waals surface area contributed by atoms with Crippen LogP contribution in [0.15, 0.2) is 48.5 Å². The van der Waals surface area contributed by atoms with Crippen LogP contribution in [0.2, 0.25) is 0 Å². The molecule has 0 aliphatic rings. The van der Waals surface area contributed by atoms with E-state index in [1.165, 1.54) is 0 Å². The number of hydrogen-bond donors (Lipinski definition) is 1. The van der Waals surface area contributed by atoms with Crippen molar-refractivity contribution in [2.45, 2.75) is 26.7 Å². The number of carbonyl (C=O) groups is 1. The molecule has 0 bridgehead atoms. The van der Waals surface area contributed by atoms with Crippen molar-refractivity contribution in [3.63, 3.8) is 0 Å². The predicted octanol–water partition coefficient (Wildman–Crippen LogP) is 4.32. The quantitative estimate of drug-likeness (QED) is 0.802. The Morgan fingerprint density at radius 3 is 2.52 bits per heavy atom. The van der Waals surface area contributed by atoms with Crippen LogP contribution in [0.3, 0.4) is 0 Å². The van der Waals surface area contributed by atoms with Crippen LogP contribution in [0.25, 0.3) is 0 Å². The van der Waals surface area contributed by atoms with Crippen LogP contribution in [-0.4, -0.2) is 12.5 Å². The smallest absolute Gasteiger partial charge is 0.251 e. The molecule has 0 unspecified atom stereocenters. The van der Waals surface area contributed by atoms with Gasteiger partial charge in [0.2, 0.25) is 0 Å². The maximum absolute atomic E-state index is 11.9. The lowest BCUT2D eigenvalue weighted by molar-refractivity contribution is 0.0953.